The fourth-order valence-electron chi connectivity index (χ4n) is 2.88. The van der Waals surface area contributed by atoms with E-state index in [0.29, 0.717) is 0 Å². The number of aliphatic hydroxyl groups is 1. The first kappa shape index (κ1) is 14.3. The predicted molar refractivity (Wildman–Crippen MR) is 85.3 cm³/mol. The molecule has 1 fully saturated rings. The summed E-state index contributed by atoms with van der Waals surface area (Å²) in [4.78, 5) is 0. The van der Waals surface area contributed by atoms with Crippen molar-refractivity contribution in [3.8, 4) is 0 Å². The van der Waals surface area contributed by atoms with Crippen molar-refractivity contribution in [2.75, 3.05) is 0 Å². The van der Waals surface area contributed by atoms with Crippen molar-refractivity contribution in [2.24, 2.45) is 0 Å². The Labute approximate surface area is 117 Å². The molecule has 0 aliphatic heterocycles. The Morgan fingerprint density at radius 1 is 1.32 bits per heavy atom. The van der Waals surface area contributed by atoms with Crippen LogP contribution in [0.25, 0.3) is 0 Å². The Balaban J connectivity index is 2.13. The molecule has 1 aromatic carbocycles. The second kappa shape index (κ2) is 5.10. The number of hydrogen-bond donors (Lipinski definition) is 1. The molecule has 1 saturated carbocycles. The average molecular weight is 272 g/mol. The van der Waals surface area contributed by atoms with Crippen molar-refractivity contribution >= 4 is 13.3 Å². The molecule has 1 aromatic rings. The summed E-state index contributed by atoms with van der Waals surface area (Å²) in [5.74, 6) is 0. The van der Waals surface area contributed by atoms with Crippen LogP contribution in [0.3, 0.4) is 0 Å². The molecule has 102 valence electrons. The van der Waals surface area contributed by atoms with Crippen molar-refractivity contribution < 1.29 is 5.11 Å². The Bertz CT molecular complexity index is 489. The minimum Gasteiger partial charge on any atom is -0.389 e. The highest BCUT2D eigenvalue weighted by Gasteiger charge is 2.37. The molecule has 0 aromatic heterocycles. The van der Waals surface area contributed by atoms with Crippen molar-refractivity contribution in [1.82, 2.24) is 0 Å². The molecular formula is C17H24OSi. The lowest BCUT2D eigenvalue weighted by atomic mass is 9.98. The van der Waals surface area contributed by atoms with Crippen LogP contribution in [-0.4, -0.2) is 18.8 Å². The van der Waals surface area contributed by atoms with E-state index >= 15 is 0 Å². The lowest BCUT2D eigenvalue weighted by Crippen LogP contribution is -2.45. The maximum absolute atomic E-state index is 10.6. The third kappa shape index (κ3) is 3.07. The maximum atomic E-state index is 10.6. The van der Waals surface area contributed by atoms with Crippen molar-refractivity contribution in [2.45, 2.75) is 44.4 Å². The van der Waals surface area contributed by atoms with Gasteiger partial charge in [-0.25, -0.2) is 0 Å². The summed E-state index contributed by atoms with van der Waals surface area (Å²) in [6.45, 7) is 12.9. The van der Waals surface area contributed by atoms with Crippen LogP contribution < -0.4 is 5.19 Å². The molecule has 0 saturated heterocycles. The van der Waals surface area contributed by atoms with Crippen LogP contribution >= 0.6 is 0 Å². The Morgan fingerprint density at radius 2 is 1.95 bits per heavy atom. The SMILES string of the molecule is C=C1CCC(O)(CC(=C)[Si](C)(C)c2ccccc2)C1. The second-order valence-electron chi connectivity index (χ2n) is 6.42. The van der Waals surface area contributed by atoms with Gasteiger partial charge in [0.1, 0.15) is 8.07 Å². The molecule has 1 atom stereocenters. The van der Waals surface area contributed by atoms with Crippen molar-refractivity contribution in [3.05, 3.63) is 54.3 Å². The van der Waals surface area contributed by atoms with Crippen LogP contribution in [0.15, 0.2) is 54.3 Å². The monoisotopic (exact) mass is 272 g/mol. The zero-order chi connectivity index (χ0) is 14.1. The number of benzene rings is 1. The standard InChI is InChI=1S/C17H24OSi/c1-14-10-11-17(18,12-14)13-15(2)19(3,4)16-8-6-5-7-9-16/h5-9,18H,1-2,10-13H2,3-4H3. The first-order valence-corrected chi connectivity index (χ1v) is 9.96. The zero-order valence-corrected chi connectivity index (χ0v) is 13.1. The molecule has 0 spiro atoms. The normalized spacial score (nSPS) is 23.6. The van der Waals surface area contributed by atoms with Gasteiger partial charge in [-0.3, -0.25) is 0 Å². The van der Waals surface area contributed by atoms with Gasteiger partial charge < -0.3 is 5.11 Å². The largest absolute Gasteiger partial charge is 0.389 e. The minimum atomic E-state index is -1.70. The summed E-state index contributed by atoms with van der Waals surface area (Å²) in [5.41, 5.74) is 0.585. The Morgan fingerprint density at radius 3 is 2.47 bits per heavy atom. The van der Waals surface area contributed by atoms with Gasteiger partial charge in [0.25, 0.3) is 0 Å². The van der Waals surface area contributed by atoms with E-state index in [0.717, 1.165) is 25.7 Å². The topological polar surface area (TPSA) is 20.2 Å². The van der Waals surface area contributed by atoms with Gasteiger partial charge in [-0.2, -0.15) is 0 Å². The molecule has 19 heavy (non-hydrogen) atoms. The first-order chi connectivity index (χ1) is 8.83. The minimum absolute atomic E-state index is 0.590. The van der Waals surface area contributed by atoms with Gasteiger partial charge in [0.15, 0.2) is 0 Å². The molecular weight excluding hydrogens is 248 g/mol. The Hall–Kier alpha value is -1.12. The van der Waals surface area contributed by atoms with E-state index in [-0.39, 0.29) is 0 Å². The van der Waals surface area contributed by atoms with Crippen LogP contribution in [-0.2, 0) is 0 Å². The van der Waals surface area contributed by atoms with E-state index in [9.17, 15) is 5.11 Å². The summed E-state index contributed by atoms with van der Waals surface area (Å²) in [6.07, 6.45) is 3.26. The zero-order valence-electron chi connectivity index (χ0n) is 12.1. The Kier molecular flexibility index (Phi) is 3.84. The van der Waals surface area contributed by atoms with E-state index in [4.69, 9.17) is 0 Å². The average Bonchev–Trinajstić information content (AvgIpc) is 2.70. The van der Waals surface area contributed by atoms with Gasteiger partial charge in [0.05, 0.1) is 5.60 Å². The fraction of sp³-hybridized carbons (Fsp3) is 0.412. The molecule has 1 nitrogen and oxygen atoms in total. The summed E-state index contributed by atoms with van der Waals surface area (Å²) < 4.78 is 0. The highest BCUT2D eigenvalue weighted by molar-refractivity contribution is 6.95. The molecule has 1 unspecified atom stereocenters. The molecule has 0 radical (unpaired) electrons. The second-order valence-corrected chi connectivity index (χ2v) is 11.0. The van der Waals surface area contributed by atoms with E-state index in [1.807, 2.05) is 6.07 Å². The molecule has 1 aliphatic carbocycles. The quantitative estimate of drug-likeness (QED) is 0.656. The van der Waals surface area contributed by atoms with Crippen molar-refractivity contribution in [3.63, 3.8) is 0 Å². The van der Waals surface area contributed by atoms with Crippen LogP contribution in [0.5, 0.6) is 0 Å². The van der Waals surface area contributed by atoms with E-state index in [2.05, 4.69) is 50.5 Å². The highest BCUT2D eigenvalue weighted by Crippen LogP contribution is 2.38. The fourth-order valence-corrected chi connectivity index (χ4v) is 5.08. The van der Waals surface area contributed by atoms with Crippen LogP contribution in [0.4, 0.5) is 0 Å². The smallest absolute Gasteiger partial charge is 0.106 e. The summed E-state index contributed by atoms with van der Waals surface area (Å²) in [6, 6.07) is 10.6. The lowest BCUT2D eigenvalue weighted by molar-refractivity contribution is 0.0527. The predicted octanol–water partition coefficient (Wildman–Crippen LogP) is 3.56. The first-order valence-electron chi connectivity index (χ1n) is 6.96. The molecule has 0 bridgehead atoms. The molecule has 0 heterocycles. The number of hydrogen-bond acceptors (Lipinski definition) is 1. The van der Waals surface area contributed by atoms with Gasteiger partial charge in [-0.15, -0.1) is 6.58 Å². The van der Waals surface area contributed by atoms with Gasteiger partial charge in [0, 0.05) is 0 Å². The van der Waals surface area contributed by atoms with Gasteiger partial charge >= 0.3 is 0 Å². The molecule has 1 aliphatic rings. The van der Waals surface area contributed by atoms with E-state index in [1.165, 1.54) is 16.0 Å². The van der Waals surface area contributed by atoms with E-state index < -0.39 is 13.7 Å². The van der Waals surface area contributed by atoms with Crippen LogP contribution in [0, 0.1) is 0 Å². The molecule has 1 N–H and O–H groups in total. The summed E-state index contributed by atoms with van der Waals surface area (Å²) >= 11 is 0. The maximum Gasteiger partial charge on any atom is 0.106 e. The number of rotatable bonds is 4. The van der Waals surface area contributed by atoms with E-state index in [1.54, 1.807) is 0 Å². The molecule has 0 amide bonds. The van der Waals surface area contributed by atoms with Gasteiger partial charge in [-0.1, -0.05) is 66.0 Å². The highest BCUT2D eigenvalue weighted by atomic mass is 28.3. The lowest BCUT2D eigenvalue weighted by Gasteiger charge is -2.31. The van der Waals surface area contributed by atoms with Crippen LogP contribution in [0.1, 0.15) is 25.7 Å². The molecule has 2 heteroatoms. The third-order valence-corrected chi connectivity index (χ3v) is 8.17. The van der Waals surface area contributed by atoms with Crippen molar-refractivity contribution in [1.29, 1.82) is 0 Å². The van der Waals surface area contributed by atoms with Gasteiger partial charge in [-0.05, 0) is 25.7 Å². The molecule has 2 rings (SSSR count). The summed E-state index contributed by atoms with van der Waals surface area (Å²) in [7, 11) is -1.70. The third-order valence-electron chi connectivity index (χ3n) is 4.44. The summed E-state index contributed by atoms with van der Waals surface area (Å²) in [5, 5.41) is 13.3. The van der Waals surface area contributed by atoms with Gasteiger partial charge in [0.2, 0.25) is 0 Å². The van der Waals surface area contributed by atoms with Crippen LogP contribution in [0.2, 0.25) is 13.1 Å².